The van der Waals surface area contributed by atoms with Gasteiger partial charge in [-0.3, -0.25) is 0 Å². The van der Waals surface area contributed by atoms with E-state index in [9.17, 15) is 4.79 Å². The normalized spacial score (nSPS) is 32.1. The molecular weight excluding hydrogens is 162 g/mol. The fourth-order valence-corrected chi connectivity index (χ4v) is 1.19. The molecule has 50 valence electrons. The van der Waals surface area contributed by atoms with Crippen LogP contribution in [0.2, 0.25) is 0 Å². The van der Waals surface area contributed by atoms with E-state index in [2.05, 4.69) is 5.32 Å². The Morgan fingerprint density at radius 3 is 2.78 bits per heavy atom. The largest absolute Gasteiger partial charge is 0.478 e. The van der Waals surface area contributed by atoms with Crippen molar-refractivity contribution in [1.82, 2.24) is 5.32 Å². The summed E-state index contributed by atoms with van der Waals surface area (Å²) in [7, 11) is 0. The van der Waals surface area contributed by atoms with Crippen LogP contribution in [-0.4, -0.2) is 15.4 Å². The first-order valence-corrected chi connectivity index (χ1v) is 3.44. The van der Waals surface area contributed by atoms with Crippen LogP contribution in [0.1, 0.15) is 0 Å². The molecule has 9 heavy (non-hydrogen) atoms. The van der Waals surface area contributed by atoms with Gasteiger partial charge in [0.15, 0.2) is 0 Å². The van der Waals surface area contributed by atoms with Gasteiger partial charge in [-0.15, -0.1) is 0 Å². The highest BCUT2D eigenvalue weighted by Crippen LogP contribution is 2.32. The second-order valence-corrected chi connectivity index (χ2v) is 3.38. The van der Waals surface area contributed by atoms with Crippen molar-refractivity contribution in [2.24, 2.45) is 0 Å². The van der Waals surface area contributed by atoms with Crippen LogP contribution in [-0.2, 0) is 4.79 Å². The van der Waals surface area contributed by atoms with Crippen molar-refractivity contribution in [3.05, 3.63) is 11.6 Å². The molecule has 0 aromatic heterocycles. The Morgan fingerprint density at radius 2 is 2.56 bits per heavy atom. The molecule has 0 aromatic carbocycles. The lowest BCUT2D eigenvalue weighted by atomic mass is 10.6. The lowest BCUT2D eigenvalue weighted by Crippen LogP contribution is -2.37. The van der Waals surface area contributed by atoms with Crippen molar-refractivity contribution < 1.29 is 9.90 Å². The number of hydrogen-bond donors (Lipinski definition) is 2. The third kappa shape index (κ3) is 1.14. The van der Waals surface area contributed by atoms with Crippen molar-refractivity contribution in [2.75, 3.05) is 0 Å². The number of aliphatic carboxylic acids is 1. The van der Waals surface area contributed by atoms with E-state index in [1.807, 2.05) is 0 Å². The minimum absolute atomic E-state index is 1.03. The van der Waals surface area contributed by atoms with Gasteiger partial charge in [0.1, 0.15) is 0 Å². The highest BCUT2D eigenvalue weighted by Gasteiger charge is 2.37. The molecule has 1 heterocycles. The fourth-order valence-electron chi connectivity index (χ4n) is 0.415. The number of rotatable bonds is 1. The number of carboxylic acids is 1. The quantitative estimate of drug-likeness (QED) is 0.445. The Bertz CT molecular complexity index is 162. The van der Waals surface area contributed by atoms with Crippen molar-refractivity contribution >= 4 is 29.3 Å². The first-order chi connectivity index (χ1) is 4.15. The fraction of sp³-hybridized carbons (Fsp3) is 0.250. The van der Waals surface area contributed by atoms with Gasteiger partial charge >= 0.3 is 5.97 Å². The minimum atomic E-state index is -1.36. The van der Waals surface area contributed by atoms with Gasteiger partial charge in [-0.05, 0) is 5.41 Å². The van der Waals surface area contributed by atoms with Gasteiger partial charge in [0.2, 0.25) is 0 Å². The molecular formula is C4H4ClNO2S. The predicted octanol–water partition coefficient (Wildman–Crippen LogP) is 0.771. The molecule has 0 bridgehead atoms. The van der Waals surface area contributed by atoms with E-state index in [0.29, 0.717) is 0 Å². The minimum Gasteiger partial charge on any atom is -0.478 e. The van der Waals surface area contributed by atoms with Crippen molar-refractivity contribution in [3.8, 4) is 0 Å². The molecule has 0 saturated heterocycles. The van der Waals surface area contributed by atoms with Crippen LogP contribution in [0, 0.1) is 0 Å². The molecule has 0 aromatic rings. The van der Waals surface area contributed by atoms with Crippen LogP contribution in [0.15, 0.2) is 11.6 Å². The maximum absolute atomic E-state index is 10.3. The van der Waals surface area contributed by atoms with Gasteiger partial charge in [0.25, 0.3) is 4.33 Å². The molecule has 5 heteroatoms. The topological polar surface area (TPSA) is 49.3 Å². The number of nitrogens with one attached hydrogen (secondary N) is 1. The first kappa shape index (κ1) is 6.77. The summed E-state index contributed by atoms with van der Waals surface area (Å²) in [5.41, 5.74) is 0. The summed E-state index contributed by atoms with van der Waals surface area (Å²) in [5.74, 6) is -1.07. The molecule has 0 fully saturated rings. The lowest BCUT2D eigenvalue weighted by Gasteiger charge is -2.13. The molecule has 0 saturated carbocycles. The number of alkyl halides is 1. The van der Waals surface area contributed by atoms with E-state index in [-0.39, 0.29) is 0 Å². The SMILES string of the molecule is O=C(O)C1(Cl)NC=CS1. The average Bonchev–Trinajstić information content (AvgIpc) is 2.16. The second kappa shape index (κ2) is 2.11. The van der Waals surface area contributed by atoms with Crippen LogP contribution in [0.3, 0.4) is 0 Å². The van der Waals surface area contributed by atoms with Gasteiger partial charge in [0.05, 0.1) is 0 Å². The van der Waals surface area contributed by atoms with E-state index in [1.54, 1.807) is 5.41 Å². The standard InChI is InChI=1S/C4H4ClNO2S/c5-4(3(7)8)6-1-2-9-4/h1-2,6H,(H,7,8). The van der Waals surface area contributed by atoms with Crippen LogP contribution in [0.5, 0.6) is 0 Å². The highest BCUT2D eigenvalue weighted by molar-refractivity contribution is 8.05. The average molecular weight is 166 g/mol. The maximum atomic E-state index is 10.3. The summed E-state index contributed by atoms with van der Waals surface area (Å²) >= 11 is 6.52. The molecule has 0 amide bonds. The third-order valence-corrected chi connectivity index (χ3v) is 2.27. The summed E-state index contributed by atoms with van der Waals surface area (Å²) in [5, 5.41) is 12.5. The van der Waals surface area contributed by atoms with Gasteiger partial charge in [-0.1, -0.05) is 23.4 Å². The monoisotopic (exact) mass is 165 g/mol. The predicted molar refractivity (Wildman–Crippen MR) is 36.1 cm³/mol. The van der Waals surface area contributed by atoms with E-state index >= 15 is 0 Å². The summed E-state index contributed by atoms with van der Waals surface area (Å²) in [6, 6.07) is 0. The lowest BCUT2D eigenvalue weighted by molar-refractivity contribution is -0.137. The molecule has 1 unspecified atom stereocenters. The van der Waals surface area contributed by atoms with Gasteiger partial charge < -0.3 is 10.4 Å². The first-order valence-electron chi connectivity index (χ1n) is 2.18. The summed E-state index contributed by atoms with van der Waals surface area (Å²) in [4.78, 5) is 10.3. The van der Waals surface area contributed by atoms with Crippen LogP contribution < -0.4 is 5.32 Å². The number of halogens is 1. The zero-order valence-electron chi connectivity index (χ0n) is 4.30. The third-order valence-electron chi connectivity index (χ3n) is 0.843. The van der Waals surface area contributed by atoms with Crippen LogP contribution in [0.25, 0.3) is 0 Å². The Balaban J connectivity index is 2.66. The van der Waals surface area contributed by atoms with Crippen molar-refractivity contribution in [3.63, 3.8) is 0 Å². The van der Waals surface area contributed by atoms with Gasteiger partial charge in [-0.25, -0.2) is 4.79 Å². The number of thioether (sulfide) groups is 1. The molecule has 1 aliphatic heterocycles. The summed E-state index contributed by atoms with van der Waals surface area (Å²) in [6.45, 7) is 0. The van der Waals surface area contributed by atoms with Gasteiger partial charge in [0, 0.05) is 6.20 Å². The van der Waals surface area contributed by atoms with E-state index < -0.39 is 10.3 Å². The van der Waals surface area contributed by atoms with Crippen LogP contribution in [0.4, 0.5) is 0 Å². The Labute approximate surface area is 61.1 Å². The zero-order chi connectivity index (χ0) is 6.91. The molecule has 0 radical (unpaired) electrons. The number of hydrogen-bond acceptors (Lipinski definition) is 3. The molecule has 0 aliphatic carbocycles. The van der Waals surface area contributed by atoms with Gasteiger partial charge in [-0.2, -0.15) is 0 Å². The zero-order valence-corrected chi connectivity index (χ0v) is 5.87. The summed E-state index contributed by atoms with van der Waals surface area (Å²) in [6.07, 6.45) is 1.51. The van der Waals surface area contributed by atoms with E-state index in [0.717, 1.165) is 11.8 Å². The van der Waals surface area contributed by atoms with E-state index in [4.69, 9.17) is 16.7 Å². The van der Waals surface area contributed by atoms with Crippen molar-refractivity contribution in [2.45, 2.75) is 4.33 Å². The Morgan fingerprint density at radius 1 is 1.89 bits per heavy atom. The molecule has 2 N–H and O–H groups in total. The van der Waals surface area contributed by atoms with Crippen LogP contribution >= 0.6 is 23.4 Å². The Kier molecular flexibility index (Phi) is 1.59. The Hall–Kier alpha value is -0.350. The molecule has 1 aliphatic rings. The molecule has 3 nitrogen and oxygen atoms in total. The summed E-state index contributed by atoms with van der Waals surface area (Å²) < 4.78 is -1.36. The second-order valence-electron chi connectivity index (χ2n) is 1.47. The molecule has 1 atom stereocenters. The number of carboxylic acid groups (broad SMARTS) is 1. The molecule has 1 rings (SSSR count). The smallest absolute Gasteiger partial charge is 0.356 e. The maximum Gasteiger partial charge on any atom is 0.356 e. The molecule has 0 spiro atoms. The van der Waals surface area contributed by atoms with E-state index in [1.165, 1.54) is 6.20 Å². The van der Waals surface area contributed by atoms with Crippen molar-refractivity contribution in [1.29, 1.82) is 0 Å². The highest BCUT2D eigenvalue weighted by atomic mass is 35.5. The number of carbonyl (C=O) groups is 1.